The number of carbonyl (C=O) groups excluding carboxylic acids is 2. The minimum Gasteiger partial charge on any atom is -0.360 e. The summed E-state index contributed by atoms with van der Waals surface area (Å²) in [6, 6.07) is 13.1. The van der Waals surface area contributed by atoms with Crippen molar-refractivity contribution in [3.63, 3.8) is 0 Å². The van der Waals surface area contributed by atoms with Gasteiger partial charge in [0.15, 0.2) is 5.17 Å². The van der Waals surface area contributed by atoms with Crippen LogP contribution in [0.3, 0.4) is 0 Å². The zero-order valence-corrected chi connectivity index (χ0v) is 18.7. The van der Waals surface area contributed by atoms with Gasteiger partial charge in [0.1, 0.15) is 0 Å². The van der Waals surface area contributed by atoms with Gasteiger partial charge in [0.2, 0.25) is 5.91 Å². The number of carbonyl (C=O) groups is 2. The summed E-state index contributed by atoms with van der Waals surface area (Å²) >= 11 is 1.27. The monoisotopic (exact) mass is 471 g/mol. The number of amides is 2. The molecule has 1 fully saturated rings. The molecule has 2 N–H and O–H groups in total. The maximum absolute atomic E-state index is 12.7. The van der Waals surface area contributed by atoms with E-state index in [-0.39, 0.29) is 17.6 Å². The van der Waals surface area contributed by atoms with E-state index in [4.69, 9.17) is 0 Å². The Hall–Kier alpha value is -3.05. The van der Waals surface area contributed by atoms with Crippen molar-refractivity contribution < 1.29 is 18.0 Å². The van der Waals surface area contributed by atoms with Crippen molar-refractivity contribution in [1.82, 2.24) is 10.6 Å². The third-order valence-corrected chi connectivity index (χ3v) is 7.83. The van der Waals surface area contributed by atoms with Gasteiger partial charge in [-0.3, -0.25) is 9.59 Å². The van der Waals surface area contributed by atoms with E-state index in [9.17, 15) is 18.0 Å². The number of thioether (sulfide) groups is 1. The molecule has 2 amide bonds. The van der Waals surface area contributed by atoms with Gasteiger partial charge in [-0.2, -0.15) is 0 Å². The number of hydrogen-bond donors (Lipinski definition) is 2. The van der Waals surface area contributed by atoms with Gasteiger partial charge in [-0.1, -0.05) is 12.1 Å². The second kappa shape index (κ2) is 8.14. The van der Waals surface area contributed by atoms with Crippen LogP contribution in [0, 0.1) is 0 Å². The van der Waals surface area contributed by atoms with Crippen LogP contribution in [0.1, 0.15) is 15.9 Å². The predicted octanol–water partition coefficient (Wildman–Crippen LogP) is 1.16. The molecule has 1 saturated heterocycles. The smallest absolute Gasteiger partial charge is 0.257 e. The van der Waals surface area contributed by atoms with Crippen LogP contribution < -0.4 is 20.4 Å². The van der Waals surface area contributed by atoms with Crippen molar-refractivity contribution in [3.05, 3.63) is 53.6 Å². The van der Waals surface area contributed by atoms with Crippen LogP contribution in [-0.2, 0) is 21.4 Å². The highest BCUT2D eigenvalue weighted by atomic mass is 32.2. The summed E-state index contributed by atoms with van der Waals surface area (Å²) in [5.41, 5.74) is 3.32. The highest BCUT2D eigenvalue weighted by Crippen LogP contribution is 2.42. The van der Waals surface area contributed by atoms with Crippen molar-refractivity contribution in [2.24, 2.45) is 4.40 Å². The highest BCUT2D eigenvalue weighted by molar-refractivity contribution is 8.15. The van der Waals surface area contributed by atoms with Gasteiger partial charge in [0.25, 0.3) is 15.9 Å². The van der Waals surface area contributed by atoms with Crippen molar-refractivity contribution in [3.8, 4) is 0 Å². The molecule has 3 heterocycles. The fraction of sp³-hybridized carbons (Fsp3) is 0.286. The lowest BCUT2D eigenvalue weighted by molar-refractivity contribution is -0.120. The van der Waals surface area contributed by atoms with E-state index in [2.05, 4.69) is 15.0 Å². The normalized spacial score (nSPS) is 19.0. The van der Waals surface area contributed by atoms with Gasteiger partial charge in [-0.05, 0) is 47.7 Å². The van der Waals surface area contributed by atoms with Crippen molar-refractivity contribution in [1.29, 1.82) is 0 Å². The Morgan fingerprint density at radius 2 is 1.97 bits per heavy atom. The maximum Gasteiger partial charge on any atom is 0.257 e. The molecule has 9 nitrogen and oxygen atoms in total. The first-order valence-corrected chi connectivity index (χ1v) is 12.6. The minimum atomic E-state index is -3.41. The molecule has 166 valence electrons. The Kier molecular flexibility index (Phi) is 5.30. The molecule has 3 aliphatic heterocycles. The molecular formula is C21H21N5O4S2. The summed E-state index contributed by atoms with van der Waals surface area (Å²) < 4.78 is 27.3. The number of nitrogens with zero attached hydrogens (tertiary/aromatic N) is 3. The minimum absolute atomic E-state index is 0.0114. The first-order valence-electron chi connectivity index (χ1n) is 10.2. The molecule has 0 bridgehead atoms. The summed E-state index contributed by atoms with van der Waals surface area (Å²) in [6.07, 6.45) is 0. The van der Waals surface area contributed by atoms with Crippen molar-refractivity contribution in [2.45, 2.75) is 11.4 Å². The lowest BCUT2D eigenvalue weighted by Gasteiger charge is -2.28. The van der Waals surface area contributed by atoms with Gasteiger partial charge in [0, 0.05) is 42.3 Å². The van der Waals surface area contributed by atoms with Crippen LogP contribution in [0.4, 0.5) is 11.4 Å². The summed E-state index contributed by atoms with van der Waals surface area (Å²) in [6.45, 7) is 2.50. The number of benzene rings is 2. The number of sulfonamides is 1. The fourth-order valence-corrected chi connectivity index (χ4v) is 6.14. The van der Waals surface area contributed by atoms with Crippen LogP contribution in [0.15, 0.2) is 51.8 Å². The number of piperazine rings is 1. The zero-order valence-electron chi connectivity index (χ0n) is 17.1. The zero-order chi connectivity index (χ0) is 22.3. The Morgan fingerprint density at radius 3 is 2.75 bits per heavy atom. The predicted molar refractivity (Wildman–Crippen MR) is 124 cm³/mol. The molecule has 0 spiro atoms. The molecule has 0 aliphatic carbocycles. The molecule has 0 radical (unpaired) electrons. The van der Waals surface area contributed by atoms with Crippen LogP contribution in [0.25, 0.3) is 0 Å². The molecule has 0 unspecified atom stereocenters. The number of anilines is 2. The van der Waals surface area contributed by atoms with E-state index in [1.165, 1.54) is 11.8 Å². The molecule has 2 aromatic carbocycles. The summed E-state index contributed by atoms with van der Waals surface area (Å²) in [5, 5.41) is 6.17. The second-order valence-corrected chi connectivity index (χ2v) is 10.5. The number of fused-ring (bicyclic) bond motifs is 3. The molecular weight excluding hydrogens is 450 g/mol. The van der Waals surface area contributed by atoms with Crippen molar-refractivity contribution in [2.75, 3.05) is 41.7 Å². The third kappa shape index (κ3) is 4.17. The molecule has 11 heteroatoms. The average molecular weight is 472 g/mol. The van der Waals surface area contributed by atoms with Crippen molar-refractivity contribution >= 4 is 50.1 Å². The first kappa shape index (κ1) is 20.8. The molecule has 5 rings (SSSR count). The van der Waals surface area contributed by atoms with E-state index in [1.807, 2.05) is 40.1 Å². The van der Waals surface area contributed by atoms with E-state index in [0.29, 0.717) is 36.9 Å². The van der Waals surface area contributed by atoms with Gasteiger partial charge >= 0.3 is 0 Å². The summed E-state index contributed by atoms with van der Waals surface area (Å²) in [5.74, 6) is -0.197. The molecule has 3 aliphatic rings. The van der Waals surface area contributed by atoms with E-state index >= 15 is 0 Å². The van der Waals surface area contributed by atoms with E-state index < -0.39 is 10.0 Å². The van der Waals surface area contributed by atoms with Crippen LogP contribution in [-0.4, -0.2) is 57.3 Å². The third-order valence-electron chi connectivity index (χ3n) is 5.53. The van der Waals surface area contributed by atoms with Crippen LogP contribution in [0.2, 0.25) is 0 Å². The molecule has 0 atom stereocenters. The number of rotatable bonds is 4. The van der Waals surface area contributed by atoms with Gasteiger partial charge < -0.3 is 20.4 Å². The molecule has 2 aromatic rings. The lowest BCUT2D eigenvalue weighted by Crippen LogP contribution is -2.47. The number of amidine groups is 1. The van der Waals surface area contributed by atoms with Gasteiger partial charge in [-0.15, -0.1) is 4.40 Å². The molecule has 0 aromatic heterocycles. The maximum atomic E-state index is 12.7. The second-order valence-electron chi connectivity index (χ2n) is 7.72. The Labute approximate surface area is 189 Å². The quantitative estimate of drug-likeness (QED) is 0.688. The summed E-state index contributed by atoms with van der Waals surface area (Å²) in [7, 11) is -3.41. The topological polar surface area (TPSA) is 111 Å². The van der Waals surface area contributed by atoms with Gasteiger partial charge in [0.05, 0.1) is 18.0 Å². The average Bonchev–Trinajstić information content (AvgIpc) is 3.13. The van der Waals surface area contributed by atoms with Crippen LogP contribution >= 0.6 is 11.8 Å². The Balaban J connectivity index is 1.23. The Bertz CT molecular complexity index is 1230. The largest absolute Gasteiger partial charge is 0.360 e. The fourth-order valence-electron chi connectivity index (χ4n) is 3.84. The number of hydrogen-bond acceptors (Lipinski definition) is 7. The van der Waals surface area contributed by atoms with Crippen LogP contribution in [0.5, 0.6) is 0 Å². The lowest BCUT2D eigenvalue weighted by atomic mass is 10.1. The molecule has 32 heavy (non-hydrogen) atoms. The standard InChI is InChI=1S/C21H21N5O4S2/c27-19-13-25(8-7-22-19)16-4-1-14(2-5-16)12-23-20(28)15-3-6-17-18(11-15)31-21-24-32(29,30)10-9-26(17)21/h1-6,11H,7-10,12-13H2,(H,22,27)(H,23,28). The highest BCUT2D eigenvalue weighted by Gasteiger charge is 2.33. The van der Waals surface area contributed by atoms with E-state index in [1.54, 1.807) is 12.1 Å². The molecule has 0 saturated carbocycles. The SMILES string of the molecule is O=C1CN(c2ccc(CNC(=O)c3ccc4c(c3)SC3=NS(=O)(=O)CCN34)cc2)CCN1. The van der Waals surface area contributed by atoms with Gasteiger partial charge in [-0.25, -0.2) is 8.42 Å². The Morgan fingerprint density at radius 1 is 1.16 bits per heavy atom. The number of nitrogens with one attached hydrogen (secondary N) is 2. The first-order chi connectivity index (χ1) is 15.4. The summed E-state index contributed by atoms with van der Waals surface area (Å²) in [4.78, 5) is 28.9. The van der Waals surface area contributed by atoms with E-state index in [0.717, 1.165) is 28.4 Å².